The van der Waals surface area contributed by atoms with Gasteiger partial charge >= 0.3 is 0 Å². The molecule has 4 N–H and O–H groups in total. The van der Waals surface area contributed by atoms with Crippen LogP contribution in [0.25, 0.3) is 0 Å². The molecule has 0 aromatic carbocycles. The summed E-state index contributed by atoms with van der Waals surface area (Å²) in [5.41, 5.74) is 5.02. The van der Waals surface area contributed by atoms with Gasteiger partial charge in [0.1, 0.15) is 6.04 Å². The summed E-state index contributed by atoms with van der Waals surface area (Å²) in [4.78, 5) is 22.1. The van der Waals surface area contributed by atoms with E-state index in [2.05, 4.69) is 10.6 Å². The number of carbonyl (C=O) groups is 2. The molecule has 0 saturated heterocycles. The smallest absolute Gasteiger partial charge is 0.239 e. The van der Waals surface area contributed by atoms with Crippen molar-refractivity contribution in [3.8, 4) is 0 Å². The summed E-state index contributed by atoms with van der Waals surface area (Å²) in [5.74, 6) is -0.831. The topological polar surface area (TPSA) is 84.2 Å². The molecule has 0 bridgehead atoms. The number of rotatable bonds is 6. The fourth-order valence-corrected chi connectivity index (χ4v) is 0.880. The van der Waals surface area contributed by atoms with Crippen molar-refractivity contribution in [2.24, 2.45) is 11.7 Å². The molecule has 0 fully saturated rings. The molecule has 0 heterocycles. The van der Waals surface area contributed by atoms with Crippen LogP contribution in [0.4, 0.5) is 0 Å². The van der Waals surface area contributed by atoms with E-state index < -0.39 is 11.9 Å². The Labute approximate surface area is 84.4 Å². The van der Waals surface area contributed by atoms with Crippen molar-refractivity contribution in [1.29, 1.82) is 0 Å². The van der Waals surface area contributed by atoms with E-state index in [1.54, 1.807) is 13.8 Å². The largest absolute Gasteiger partial charge is 0.368 e. The Morgan fingerprint density at radius 2 is 1.93 bits per heavy atom. The molecular weight excluding hydrogens is 182 g/mol. The van der Waals surface area contributed by atoms with E-state index in [4.69, 9.17) is 5.73 Å². The molecule has 0 aliphatic rings. The van der Waals surface area contributed by atoms with Gasteiger partial charge in [0, 0.05) is 12.5 Å². The number of nitrogens with one attached hydrogen (secondary N) is 2. The molecular formula is C9H19N3O2. The van der Waals surface area contributed by atoms with Gasteiger partial charge in [-0.1, -0.05) is 13.8 Å². The van der Waals surface area contributed by atoms with Crippen LogP contribution in [-0.4, -0.2) is 30.9 Å². The van der Waals surface area contributed by atoms with E-state index in [9.17, 15) is 9.59 Å². The lowest BCUT2D eigenvalue weighted by Gasteiger charge is -2.15. The fraction of sp³-hybridized carbons (Fsp3) is 0.778. The van der Waals surface area contributed by atoms with Crippen LogP contribution < -0.4 is 16.4 Å². The van der Waals surface area contributed by atoms with Gasteiger partial charge in [0.2, 0.25) is 11.8 Å². The lowest BCUT2D eigenvalue weighted by Crippen LogP contribution is -2.45. The monoisotopic (exact) mass is 201 g/mol. The highest BCUT2D eigenvalue weighted by Gasteiger charge is 2.16. The third-order valence-electron chi connectivity index (χ3n) is 1.93. The summed E-state index contributed by atoms with van der Waals surface area (Å²) >= 11 is 0. The number of hydrogen-bond donors (Lipinski definition) is 3. The Morgan fingerprint density at radius 3 is 2.36 bits per heavy atom. The minimum absolute atomic E-state index is 0.155. The van der Waals surface area contributed by atoms with Crippen LogP contribution in [0.3, 0.4) is 0 Å². The average Bonchev–Trinajstić information content (AvgIpc) is 2.13. The van der Waals surface area contributed by atoms with Crippen LogP contribution in [0.2, 0.25) is 0 Å². The Morgan fingerprint density at radius 1 is 1.36 bits per heavy atom. The highest BCUT2D eigenvalue weighted by molar-refractivity contribution is 5.87. The second-order valence-corrected chi connectivity index (χ2v) is 3.34. The Bertz CT molecular complexity index is 206. The molecule has 5 nitrogen and oxygen atoms in total. The third kappa shape index (κ3) is 4.81. The van der Waals surface area contributed by atoms with Gasteiger partial charge < -0.3 is 16.4 Å². The van der Waals surface area contributed by atoms with Crippen LogP contribution in [0, 0.1) is 5.92 Å². The summed E-state index contributed by atoms with van der Waals surface area (Å²) in [6.45, 7) is 6.76. The van der Waals surface area contributed by atoms with Crippen molar-refractivity contribution < 1.29 is 9.59 Å². The lowest BCUT2D eigenvalue weighted by atomic mass is 10.1. The molecule has 0 aromatic heterocycles. The highest BCUT2D eigenvalue weighted by atomic mass is 16.2. The molecule has 0 rings (SSSR count). The fourth-order valence-electron chi connectivity index (χ4n) is 0.880. The van der Waals surface area contributed by atoms with Gasteiger partial charge in [0.15, 0.2) is 0 Å². The van der Waals surface area contributed by atoms with Gasteiger partial charge in [0.25, 0.3) is 0 Å². The molecule has 14 heavy (non-hydrogen) atoms. The maximum atomic E-state index is 11.4. The maximum Gasteiger partial charge on any atom is 0.239 e. The van der Waals surface area contributed by atoms with Crippen molar-refractivity contribution in [3.63, 3.8) is 0 Å². The minimum Gasteiger partial charge on any atom is -0.368 e. The summed E-state index contributed by atoms with van der Waals surface area (Å²) in [6, 6.07) is -0.605. The Kier molecular flexibility index (Phi) is 5.87. The van der Waals surface area contributed by atoms with Crippen molar-refractivity contribution in [3.05, 3.63) is 0 Å². The molecule has 2 amide bonds. The summed E-state index contributed by atoms with van der Waals surface area (Å²) < 4.78 is 0. The zero-order chi connectivity index (χ0) is 11.1. The molecule has 2 unspecified atom stereocenters. The number of hydrogen-bond acceptors (Lipinski definition) is 3. The van der Waals surface area contributed by atoms with Gasteiger partial charge in [-0.2, -0.15) is 0 Å². The van der Waals surface area contributed by atoms with Crippen LogP contribution in [0.15, 0.2) is 0 Å². The van der Waals surface area contributed by atoms with Crippen LogP contribution in [-0.2, 0) is 9.59 Å². The first-order valence-electron chi connectivity index (χ1n) is 4.79. The third-order valence-corrected chi connectivity index (χ3v) is 1.93. The van der Waals surface area contributed by atoms with Gasteiger partial charge in [0.05, 0.1) is 0 Å². The standard InChI is InChI=1S/C9H19N3O2/c1-4-11-5-6(2)9(14)12-7(3)8(10)13/h6-7,11H,4-5H2,1-3H3,(H2,10,13)(H,12,14). The molecule has 0 aliphatic carbocycles. The summed E-state index contributed by atoms with van der Waals surface area (Å²) in [6.07, 6.45) is 0. The SMILES string of the molecule is CCNCC(C)C(=O)NC(C)C(N)=O. The molecule has 0 aliphatic heterocycles. The Balaban J connectivity index is 3.88. The first-order valence-corrected chi connectivity index (χ1v) is 4.79. The van der Waals surface area contributed by atoms with E-state index in [1.807, 2.05) is 6.92 Å². The minimum atomic E-state index is -0.605. The maximum absolute atomic E-state index is 11.4. The first-order chi connectivity index (χ1) is 6.49. The zero-order valence-corrected chi connectivity index (χ0v) is 8.96. The molecule has 2 atom stereocenters. The number of carbonyl (C=O) groups excluding carboxylic acids is 2. The molecule has 0 aromatic rings. The predicted molar refractivity (Wildman–Crippen MR) is 54.5 cm³/mol. The number of nitrogens with two attached hydrogens (primary N) is 1. The zero-order valence-electron chi connectivity index (χ0n) is 8.96. The van der Waals surface area contributed by atoms with E-state index in [-0.39, 0.29) is 11.8 Å². The molecule has 0 radical (unpaired) electrons. The van der Waals surface area contributed by atoms with Gasteiger partial charge in [-0.3, -0.25) is 9.59 Å². The Hall–Kier alpha value is -1.10. The summed E-state index contributed by atoms with van der Waals surface area (Å²) in [5, 5.41) is 5.59. The normalized spacial score (nSPS) is 14.5. The van der Waals surface area contributed by atoms with E-state index >= 15 is 0 Å². The van der Waals surface area contributed by atoms with Crippen molar-refractivity contribution in [1.82, 2.24) is 10.6 Å². The number of primary amides is 1. The molecule has 0 spiro atoms. The average molecular weight is 201 g/mol. The molecule has 82 valence electrons. The first kappa shape index (κ1) is 12.9. The van der Waals surface area contributed by atoms with Crippen LogP contribution in [0.1, 0.15) is 20.8 Å². The van der Waals surface area contributed by atoms with E-state index in [1.165, 1.54) is 0 Å². The van der Waals surface area contributed by atoms with Crippen LogP contribution >= 0.6 is 0 Å². The van der Waals surface area contributed by atoms with Gasteiger partial charge in [-0.25, -0.2) is 0 Å². The van der Waals surface area contributed by atoms with E-state index in [0.717, 1.165) is 6.54 Å². The van der Waals surface area contributed by atoms with E-state index in [0.29, 0.717) is 6.54 Å². The lowest BCUT2D eigenvalue weighted by molar-refractivity contribution is -0.129. The predicted octanol–water partition coefficient (Wildman–Crippen LogP) is -0.778. The van der Waals surface area contributed by atoms with Crippen molar-refractivity contribution in [2.45, 2.75) is 26.8 Å². The van der Waals surface area contributed by atoms with Crippen LogP contribution in [0.5, 0.6) is 0 Å². The van der Waals surface area contributed by atoms with Gasteiger partial charge in [-0.15, -0.1) is 0 Å². The molecule has 0 saturated carbocycles. The van der Waals surface area contributed by atoms with Gasteiger partial charge in [-0.05, 0) is 13.5 Å². The van der Waals surface area contributed by atoms with Crippen molar-refractivity contribution in [2.75, 3.05) is 13.1 Å². The van der Waals surface area contributed by atoms with Crippen molar-refractivity contribution >= 4 is 11.8 Å². The highest BCUT2D eigenvalue weighted by Crippen LogP contribution is 1.93. The second-order valence-electron chi connectivity index (χ2n) is 3.34. The second kappa shape index (κ2) is 6.37. The quantitative estimate of drug-likeness (QED) is 0.527. The number of amides is 2. The summed E-state index contributed by atoms with van der Waals surface area (Å²) in [7, 11) is 0. The molecule has 5 heteroatoms.